The van der Waals surface area contributed by atoms with Gasteiger partial charge in [-0.15, -0.1) is 4.39 Å². The molecule has 20 heavy (non-hydrogen) atoms. The topological polar surface area (TPSA) is 38.3 Å². The van der Waals surface area contributed by atoms with E-state index in [2.05, 4.69) is 11.4 Å². The molecule has 1 atom stereocenters. The molecular formula is C16H18FNO2. The van der Waals surface area contributed by atoms with Gasteiger partial charge < -0.3 is 0 Å². The van der Waals surface area contributed by atoms with Crippen molar-refractivity contribution >= 4 is 5.91 Å². The number of halogens is 1. The Labute approximate surface area is 118 Å². The molecule has 2 rings (SSSR count). The molecule has 0 spiro atoms. The van der Waals surface area contributed by atoms with Gasteiger partial charge in [-0.2, -0.15) is 0 Å². The Balaban J connectivity index is 1.91. The molecule has 1 aromatic rings. The normalized spacial score (nSPS) is 16.9. The summed E-state index contributed by atoms with van der Waals surface area (Å²) < 4.78 is 12.3. The number of rotatable bonds is 4. The summed E-state index contributed by atoms with van der Waals surface area (Å²) in [5.41, 5.74) is 2.88. The fraction of sp³-hybridized carbons (Fsp3) is 0.438. The Morgan fingerprint density at radius 2 is 1.95 bits per heavy atom. The maximum Gasteiger partial charge on any atom is 0.274 e. The van der Waals surface area contributed by atoms with E-state index in [9.17, 15) is 9.18 Å². The van der Waals surface area contributed by atoms with Crippen molar-refractivity contribution < 1.29 is 14.0 Å². The minimum atomic E-state index is -0.576. The molecule has 3 nitrogen and oxygen atoms in total. The van der Waals surface area contributed by atoms with E-state index in [0.29, 0.717) is 5.56 Å². The number of nitrogens with one attached hydrogen (secondary N) is 1. The van der Waals surface area contributed by atoms with Gasteiger partial charge in [-0.1, -0.05) is 37.5 Å². The summed E-state index contributed by atoms with van der Waals surface area (Å²) in [7, 11) is 0. The Hall–Kier alpha value is -1.86. The summed E-state index contributed by atoms with van der Waals surface area (Å²) in [6.45, 7) is 0. The summed E-state index contributed by atoms with van der Waals surface area (Å²) >= 11 is 0. The van der Waals surface area contributed by atoms with Crippen LogP contribution in [0.3, 0.4) is 0 Å². The van der Waals surface area contributed by atoms with Crippen LogP contribution in [0.5, 0.6) is 0 Å². The summed E-state index contributed by atoms with van der Waals surface area (Å²) in [6.07, 6.45) is 6.15. The molecule has 106 valence electrons. The number of hydrogen-bond acceptors (Lipinski definition) is 2. The minimum absolute atomic E-state index is 0.183. The summed E-state index contributed by atoms with van der Waals surface area (Å²) in [4.78, 5) is 17.2. The van der Waals surface area contributed by atoms with Crippen molar-refractivity contribution in [1.82, 2.24) is 5.48 Å². The largest absolute Gasteiger partial charge is 0.274 e. The van der Waals surface area contributed by atoms with E-state index in [-0.39, 0.29) is 11.8 Å². The van der Waals surface area contributed by atoms with Crippen molar-refractivity contribution in [2.75, 3.05) is 0 Å². The molecule has 1 unspecified atom stereocenters. The SMILES string of the molecule is O=C(NOC(C#CF)C1CCCCC1)c1ccccc1. The highest BCUT2D eigenvalue weighted by Gasteiger charge is 2.24. The van der Waals surface area contributed by atoms with Crippen molar-refractivity contribution in [1.29, 1.82) is 0 Å². The lowest BCUT2D eigenvalue weighted by Crippen LogP contribution is -2.34. The number of amides is 1. The molecule has 0 aliphatic heterocycles. The second-order valence-electron chi connectivity index (χ2n) is 4.97. The van der Waals surface area contributed by atoms with E-state index >= 15 is 0 Å². The average molecular weight is 275 g/mol. The minimum Gasteiger partial charge on any atom is -0.267 e. The first kappa shape index (κ1) is 14.5. The van der Waals surface area contributed by atoms with Gasteiger partial charge in [-0.3, -0.25) is 9.63 Å². The molecule has 1 fully saturated rings. The molecule has 4 heteroatoms. The van der Waals surface area contributed by atoms with Crippen LogP contribution in [0.4, 0.5) is 4.39 Å². The number of hydrogen-bond donors (Lipinski definition) is 1. The third kappa shape index (κ3) is 4.07. The summed E-state index contributed by atoms with van der Waals surface area (Å²) in [5, 5.41) is 0. The first-order valence-electron chi connectivity index (χ1n) is 6.93. The van der Waals surface area contributed by atoms with Gasteiger partial charge in [0.25, 0.3) is 5.91 Å². The lowest BCUT2D eigenvalue weighted by atomic mass is 9.85. The van der Waals surface area contributed by atoms with Gasteiger partial charge in [0.1, 0.15) is 6.17 Å². The molecule has 0 saturated heterocycles. The van der Waals surface area contributed by atoms with Crippen molar-refractivity contribution in [2.24, 2.45) is 5.92 Å². The Morgan fingerprint density at radius 1 is 1.25 bits per heavy atom. The van der Waals surface area contributed by atoms with Crippen LogP contribution in [-0.2, 0) is 4.84 Å². The van der Waals surface area contributed by atoms with Crippen LogP contribution in [0.15, 0.2) is 30.3 Å². The number of benzene rings is 1. The van der Waals surface area contributed by atoms with Crippen LogP contribution in [0.1, 0.15) is 42.5 Å². The number of carbonyl (C=O) groups excluding carboxylic acids is 1. The zero-order valence-corrected chi connectivity index (χ0v) is 11.3. The molecular weight excluding hydrogens is 257 g/mol. The second-order valence-corrected chi connectivity index (χ2v) is 4.97. The maximum atomic E-state index is 12.3. The van der Waals surface area contributed by atoms with Crippen LogP contribution in [0, 0.1) is 18.0 Å². The molecule has 1 aromatic carbocycles. The fourth-order valence-corrected chi connectivity index (χ4v) is 2.50. The standard InChI is InChI=1S/C16H18FNO2/c17-12-11-15(13-7-3-1-4-8-13)20-18-16(19)14-9-5-2-6-10-14/h2,5-6,9-10,13,15H,1,3-4,7-8H2,(H,18,19). The molecule has 0 bridgehead atoms. The maximum absolute atomic E-state index is 12.3. The Bertz CT molecular complexity index is 486. The van der Waals surface area contributed by atoms with Gasteiger partial charge in [-0.05, 0) is 36.8 Å². The number of carbonyl (C=O) groups is 1. The van der Waals surface area contributed by atoms with E-state index < -0.39 is 6.10 Å². The van der Waals surface area contributed by atoms with E-state index in [1.165, 1.54) is 12.6 Å². The average Bonchev–Trinajstić information content (AvgIpc) is 2.53. The van der Waals surface area contributed by atoms with Crippen LogP contribution >= 0.6 is 0 Å². The predicted molar refractivity (Wildman–Crippen MR) is 74.2 cm³/mol. The number of hydroxylamine groups is 1. The van der Waals surface area contributed by atoms with E-state index in [0.717, 1.165) is 25.7 Å². The summed E-state index contributed by atoms with van der Waals surface area (Å²) in [6, 6.07) is 8.76. The molecule has 0 heterocycles. The molecule has 1 amide bonds. The highest BCUT2D eigenvalue weighted by atomic mass is 19.1. The molecule has 1 aliphatic rings. The quantitative estimate of drug-likeness (QED) is 0.676. The second kappa shape index (κ2) is 7.66. The highest BCUT2D eigenvalue weighted by molar-refractivity contribution is 5.93. The van der Waals surface area contributed by atoms with E-state index in [4.69, 9.17) is 4.84 Å². The molecule has 1 N–H and O–H groups in total. The predicted octanol–water partition coefficient (Wildman–Crippen LogP) is 3.23. The van der Waals surface area contributed by atoms with Crippen LogP contribution in [-0.4, -0.2) is 12.0 Å². The zero-order chi connectivity index (χ0) is 14.2. The van der Waals surface area contributed by atoms with Gasteiger partial charge in [0.15, 0.2) is 6.10 Å². The molecule has 1 saturated carbocycles. The fourth-order valence-electron chi connectivity index (χ4n) is 2.50. The molecule has 1 aliphatic carbocycles. The third-order valence-electron chi connectivity index (χ3n) is 3.59. The van der Waals surface area contributed by atoms with Crippen LogP contribution in [0.2, 0.25) is 0 Å². The zero-order valence-electron chi connectivity index (χ0n) is 11.3. The molecule has 0 radical (unpaired) electrons. The summed E-state index contributed by atoms with van der Waals surface area (Å²) in [5.74, 6) is 2.25. The van der Waals surface area contributed by atoms with E-state index in [1.807, 2.05) is 6.07 Å². The van der Waals surface area contributed by atoms with Crippen LogP contribution < -0.4 is 5.48 Å². The van der Waals surface area contributed by atoms with Crippen LogP contribution in [0.25, 0.3) is 0 Å². The Kier molecular flexibility index (Phi) is 5.57. The van der Waals surface area contributed by atoms with Crippen molar-refractivity contribution in [3.05, 3.63) is 35.9 Å². The first-order chi connectivity index (χ1) is 9.81. The van der Waals surface area contributed by atoms with Gasteiger partial charge >= 0.3 is 0 Å². The smallest absolute Gasteiger partial charge is 0.267 e. The highest BCUT2D eigenvalue weighted by Crippen LogP contribution is 2.27. The third-order valence-corrected chi connectivity index (χ3v) is 3.59. The van der Waals surface area contributed by atoms with Crippen molar-refractivity contribution in [3.8, 4) is 12.1 Å². The van der Waals surface area contributed by atoms with Crippen molar-refractivity contribution in [3.63, 3.8) is 0 Å². The Morgan fingerprint density at radius 3 is 2.60 bits per heavy atom. The van der Waals surface area contributed by atoms with Gasteiger partial charge in [0.05, 0.1) is 0 Å². The van der Waals surface area contributed by atoms with E-state index in [1.54, 1.807) is 24.3 Å². The van der Waals surface area contributed by atoms with Crippen molar-refractivity contribution in [2.45, 2.75) is 38.2 Å². The van der Waals surface area contributed by atoms with Gasteiger partial charge in [0.2, 0.25) is 0 Å². The lowest BCUT2D eigenvalue weighted by molar-refractivity contribution is -0.0221. The molecule has 0 aromatic heterocycles. The lowest BCUT2D eigenvalue weighted by Gasteiger charge is -2.26. The van der Waals surface area contributed by atoms with Gasteiger partial charge in [0, 0.05) is 5.56 Å². The monoisotopic (exact) mass is 275 g/mol. The first-order valence-corrected chi connectivity index (χ1v) is 6.93. The van der Waals surface area contributed by atoms with Gasteiger partial charge in [-0.25, -0.2) is 5.48 Å².